The van der Waals surface area contributed by atoms with Gasteiger partial charge in [0.25, 0.3) is 0 Å². The summed E-state index contributed by atoms with van der Waals surface area (Å²) in [5.41, 5.74) is 12.6. The van der Waals surface area contributed by atoms with Gasteiger partial charge in [-0.3, -0.25) is 0 Å². The molecule has 124 valence electrons. The second kappa shape index (κ2) is 7.46. The highest BCUT2D eigenvalue weighted by Crippen LogP contribution is 2.54. The molecule has 0 aliphatic heterocycles. The third kappa shape index (κ3) is 4.01. The molecule has 2 rings (SSSR count). The fourth-order valence-corrected chi connectivity index (χ4v) is 5.61. The molecule has 2 saturated carbocycles. The Labute approximate surface area is 132 Å². The second-order valence-corrected chi connectivity index (χ2v) is 8.08. The molecular formula is C19H38N2. The minimum Gasteiger partial charge on any atom is -0.313 e. The molecule has 0 heterocycles. The van der Waals surface area contributed by atoms with Crippen molar-refractivity contribution >= 4 is 0 Å². The summed E-state index contributed by atoms with van der Waals surface area (Å²) in [6.45, 7) is 4.76. The molecular weight excluding hydrogens is 256 g/mol. The highest BCUT2D eigenvalue weighted by atomic mass is 15.0. The van der Waals surface area contributed by atoms with Crippen LogP contribution in [0.15, 0.2) is 0 Å². The zero-order valence-electron chi connectivity index (χ0n) is 14.5. The summed E-state index contributed by atoms with van der Waals surface area (Å²) in [6, 6.07) is 0. The Morgan fingerprint density at radius 3 is 1.76 bits per heavy atom. The molecule has 4 N–H and O–H groups in total. The molecule has 0 radical (unpaired) electrons. The fraction of sp³-hybridized carbons (Fsp3) is 1.00. The van der Waals surface area contributed by atoms with E-state index in [2.05, 4.69) is 13.8 Å². The van der Waals surface area contributed by atoms with Crippen LogP contribution in [0.3, 0.4) is 0 Å². The molecule has 2 fully saturated rings. The number of nitrogens with two attached hydrogens (primary N) is 2. The molecule has 0 unspecified atom stereocenters. The number of rotatable bonds is 6. The van der Waals surface area contributed by atoms with E-state index in [1.807, 2.05) is 0 Å². The Hall–Kier alpha value is -0.0800. The van der Waals surface area contributed by atoms with E-state index in [4.69, 9.17) is 11.5 Å². The second-order valence-electron chi connectivity index (χ2n) is 8.08. The van der Waals surface area contributed by atoms with E-state index >= 15 is 0 Å². The quantitative estimate of drug-likeness (QED) is 0.680. The van der Waals surface area contributed by atoms with Crippen LogP contribution in [0.25, 0.3) is 0 Å². The van der Waals surface area contributed by atoms with E-state index in [1.165, 1.54) is 70.6 Å². The Morgan fingerprint density at radius 2 is 1.29 bits per heavy atom. The standard InChI is InChI=1S/C19H38N2/c1-3-12-18(13-4-2,16-8-6-5-7-9-16)17-10-14-19(20,21)15-11-17/h16-17H,3-15,20-21H2,1-2H3. The molecule has 0 atom stereocenters. The zero-order valence-corrected chi connectivity index (χ0v) is 14.5. The van der Waals surface area contributed by atoms with Gasteiger partial charge in [-0.1, -0.05) is 46.0 Å². The van der Waals surface area contributed by atoms with Crippen molar-refractivity contribution in [3.8, 4) is 0 Å². The van der Waals surface area contributed by atoms with Crippen LogP contribution in [0, 0.1) is 17.3 Å². The lowest BCUT2D eigenvalue weighted by Gasteiger charge is -2.51. The molecule has 2 heteroatoms. The third-order valence-corrected chi connectivity index (χ3v) is 6.58. The molecule has 0 amide bonds. The molecule has 2 aliphatic carbocycles. The minimum absolute atomic E-state index is 0.382. The maximum atomic E-state index is 6.19. The molecule has 0 saturated heterocycles. The van der Waals surface area contributed by atoms with Gasteiger partial charge in [0.15, 0.2) is 0 Å². The summed E-state index contributed by atoms with van der Waals surface area (Å²) >= 11 is 0. The van der Waals surface area contributed by atoms with Gasteiger partial charge in [0.05, 0.1) is 5.66 Å². The van der Waals surface area contributed by atoms with Gasteiger partial charge in [0, 0.05) is 0 Å². The van der Waals surface area contributed by atoms with Crippen molar-refractivity contribution in [2.45, 2.75) is 103 Å². The molecule has 0 aromatic carbocycles. The largest absolute Gasteiger partial charge is 0.313 e. The van der Waals surface area contributed by atoms with Crippen LogP contribution in [-0.2, 0) is 0 Å². The summed E-state index contributed by atoms with van der Waals surface area (Å²) in [6.07, 6.45) is 17.5. The summed E-state index contributed by atoms with van der Waals surface area (Å²) in [4.78, 5) is 0. The maximum Gasteiger partial charge on any atom is 0.0636 e. The molecule has 2 aliphatic rings. The smallest absolute Gasteiger partial charge is 0.0636 e. The van der Waals surface area contributed by atoms with Crippen LogP contribution in [0.4, 0.5) is 0 Å². The minimum atomic E-state index is -0.382. The van der Waals surface area contributed by atoms with Crippen LogP contribution in [-0.4, -0.2) is 5.66 Å². The fourth-order valence-electron chi connectivity index (χ4n) is 5.61. The highest BCUT2D eigenvalue weighted by molar-refractivity contribution is 4.97. The first-order chi connectivity index (χ1) is 10.0. The van der Waals surface area contributed by atoms with Gasteiger partial charge in [-0.25, -0.2) is 0 Å². The first-order valence-corrected chi connectivity index (χ1v) is 9.62. The lowest BCUT2D eigenvalue weighted by atomic mass is 9.55. The molecule has 0 bridgehead atoms. The Kier molecular flexibility index (Phi) is 6.14. The monoisotopic (exact) mass is 294 g/mol. The third-order valence-electron chi connectivity index (χ3n) is 6.58. The Balaban J connectivity index is 2.17. The van der Waals surface area contributed by atoms with Crippen molar-refractivity contribution in [3.63, 3.8) is 0 Å². The van der Waals surface area contributed by atoms with Gasteiger partial charge < -0.3 is 11.5 Å². The van der Waals surface area contributed by atoms with Gasteiger partial charge in [-0.05, 0) is 68.6 Å². The summed E-state index contributed by atoms with van der Waals surface area (Å²) in [7, 11) is 0. The highest BCUT2D eigenvalue weighted by Gasteiger charge is 2.45. The Bertz CT molecular complexity index is 289. The first kappa shape index (κ1) is 17.3. The van der Waals surface area contributed by atoms with E-state index in [0.29, 0.717) is 5.41 Å². The lowest BCUT2D eigenvalue weighted by Crippen LogP contribution is -2.54. The zero-order chi connectivity index (χ0) is 15.3. The van der Waals surface area contributed by atoms with Crippen LogP contribution in [0.2, 0.25) is 0 Å². The first-order valence-electron chi connectivity index (χ1n) is 9.62. The van der Waals surface area contributed by atoms with Crippen molar-refractivity contribution in [2.75, 3.05) is 0 Å². The predicted octanol–water partition coefficient (Wildman–Crippen LogP) is 4.96. The lowest BCUT2D eigenvalue weighted by molar-refractivity contribution is -0.00653. The van der Waals surface area contributed by atoms with Crippen molar-refractivity contribution < 1.29 is 0 Å². The number of hydrogen-bond acceptors (Lipinski definition) is 2. The van der Waals surface area contributed by atoms with Crippen LogP contribution >= 0.6 is 0 Å². The van der Waals surface area contributed by atoms with Crippen molar-refractivity contribution in [2.24, 2.45) is 28.7 Å². The summed E-state index contributed by atoms with van der Waals surface area (Å²) in [5.74, 6) is 1.85. The predicted molar refractivity (Wildman–Crippen MR) is 91.9 cm³/mol. The number of hydrogen-bond donors (Lipinski definition) is 2. The average molecular weight is 295 g/mol. The molecule has 0 aromatic rings. The van der Waals surface area contributed by atoms with Crippen molar-refractivity contribution in [3.05, 3.63) is 0 Å². The van der Waals surface area contributed by atoms with Gasteiger partial charge in [0.2, 0.25) is 0 Å². The maximum absolute atomic E-state index is 6.19. The molecule has 0 aromatic heterocycles. The van der Waals surface area contributed by atoms with Gasteiger partial charge in [-0.15, -0.1) is 0 Å². The van der Waals surface area contributed by atoms with Gasteiger partial charge in [-0.2, -0.15) is 0 Å². The van der Waals surface area contributed by atoms with Gasteiger partial charge >= 0.3 is 0 Å². The van der Waals surface area contributed by atoms with E-state index in [-0.39, 0.29) is 5.66 Å². The van der Waals surface area contributed by atoms with Crippen molar-refractivity contribution in [1.29, 1.82) is 0 Å². The molecule has 0 spiro atoms. The Morgan fingerprint density at radius 1 is 0.810 bits per heavy atom. The topological polar surface area (TPSA) is 52.0 Å². The van der Waals surface area contributed by atoms with E-state index in [0.717, 1.165) is 24.7 Å². The molecule has 2 nitrogen and oxygen atoms in total. The van der Waals surface area contributed by atoms with Gasteiger partial charge in [0.1, 0.15) is 0 Å². The summed E-state index contributed by atoms with van der Waals surface area (Å²) < 4.78 is 0. The SMILES string of the molecule is CCCC(CCC)(C1CCCCC1)C1CCC(N)(N)CC1. The van der Waals surface area contributed by atoms with E-state index < -0.39 is 0 Å². The average Bonchev–Trinajstić information content (AvgIpc) is 2.48. The normalized spacial score (nSPS) is 25.1. The summed E-state index contributed by atoms with van der Waals surface area (Å²) in [5, 5.41) is 0. The van der Waals surface area contributed by atoms with E-state index in [1.54, 1.807) is 0 Å². The van der Waals surface area contributed by atoms with Crippen LogP contribution < -0.4 is 11.5 Å². The molecule has 21 heavy (non-hydrogen) atoms. The van der Waals surface area contributed by atoms with Crippen LogP contribution in [0.5, 0.6) is 0 Å². The van der Waals surface area contributed by atoms with Crippen molar-refractivity contribution in [1.82, 2.24) is 0 Å². The van der Waals surface area contributed by atoms with Crippen LogP contribution in [0.1, 0.15) is 97.3 Å². The van der Waals surface area contributed by atoms with E-state index in [9.17, 15) is 0 Å².